The van der Waals surface area contributed by atoms with Gasteiger partial charge in [-0.3, -0.25) is 9.36 Å². The minimum absolute atomic E-state index is 0.0236. The minimum Gasteiger partial charge on any atom is -0.692 e. The summed E-state index contributed by atoms with van der Waals surface area (Å²) in [4.78, 5) is 13.4. The van der Waals surface area contributed by atoms with E-state index in [9.17, 15) is 14.4 Å². The van der Waals surface area contributed by atoms with Crippen molar-refractivity contribution in [3.63, 3.8) is 0 Å². The van der Waals surface area contributed by atoms with Gasteiger partial charge in [0.05, 0.1) is 16.8 Å². The number of hydrogen-bond acceptors (Lipinski definition) is 4. The number of hydrogen-bond donors (Lipinski definition) is 0. The smallest absolute Gasteiger partial charge is 0.309 e. The van der Waals surface area contributed by atoms with Gasteiger partial charge in [-0.1, -0.05) is 17.3 Å². The highest BCUT2D eigenvalue weighted by Gasteiger charge is 2.27. The maximum absolute atomic E-state index is 14.5. The van der Waals surface area contributed by atoms with Gasteiger partial charge in [-0.15, -0.1) is 11.3 Å². The fourth-order valence-electron chi connectivity index (χ4n) is 3.08. The molecule has 0 spiro atoms. The zero-order chi connectivity index (χ0) is 16.8. The van der Waals surface area contributed by atoms with Crippen LogP contribution in [-0.2, 0) is 19.4 Å². The molecule has 0 radical (unpaired) electrons. The molecule has 6 nitrogen and oxygen atoms in total. The van der Waals surface area contributed by atoms with Crippen molar-refractivity contribution in [1.82, 2.24) is 14.5 Å². The van der Waals surface area contributed by atoms with Crippen LogP contribution in [0.3, 0.4) is 0 Å². The van der Waals surface area contributed by atoms with Crippen molar-refractivity contribution >= 4 is 21.6 Å². The fourth-order valence-corrected chi connectivity index (χ4v) is 3.97. The van der Waals surface area contributed by atoms with Crippen LogP contribution >= 0.6 is 11.3 Å². The Balaban J connectivity index is 1.96. The molecule has 0 aliphatic heterocycles. The number of rotatable bonds is 2. The van der Waals surface area contributed by atoms with Crippen LogP contribution in [0.25, 0.3) is 15.9 Å². The Bertz CT molecular complexity index is 1060. The number of halogens is 1. The van der Waals surface area contributed by atoms with Gasteiger partial charge in [0.2, 0.25) is 5.69 Å². The van der Waals surface area contributed by atoms with Gasteiger partial charge in [0.25, 0.3) is 0 Å². The van der Waals surface area contributed by atoms with Crippen molar-refractivity contribution in [3.8, 4) is 18.0 Å². The number of aromatic nitrogens is 4. The molecule has 3 aromatic rings. The van der Waals surface area contributed by atoms with Crippen molar-refractivity contribution in [1.29, 1.82) is 0 Å². The number of aryl methyl sites for hydroxylation is 1. The second-order valence-electron chi connectivity index (χ2n) is 5.69. The first-order chi connectivity index (χ1) is 11.6. The van der Waals surface area contributed by atoms with E-state index in [0.29, 0.717) is 39.3 Å². The topological polar surface area (TPSA) is 66.8 Å². The molecular formula is C16H13FN4O2S. The molecular weight excluding hydrogens is 331 g/mol. The summed E-state index contributed by atoms with van der Waals surface area (Å²) in [7, 11) is 0. The average Bonchev–Trinajstić information content (AvgIpc) is 3.05. The van der Waals surface area contributed by atoms with Crippen molar-refractivity contribution in [2.75, 3.05) is 0 Å². The first-order valence-corrected chi connectivity index (χ1v) is 8.39. The molecule has 0 N–H and O–H groups in total. The lowest BCUT2D eigenvalue weighted by Gasteiger charge is -2.09. The molecule has 1 aliphatic rings. The molecule has 1 aliphatic carbocycles. The second-order valence-corrected chi connectivity index (χ2v) is 6.69. The van der Waals surface area contributed by atoms with E-state index in [2.05, 4.69) is 11.0 Å². The average molecular weight is 344 g/mol. The van der Waals surface area contributed by atoms with Crippen molar-refractivity contribution < 1.29 is 9.24 Å². The van der Waals surface area contributed by atoms with Crippen LogP contribution < -0.4 is 9.72 Å². The largest absolute Gasteiger partial charge is 0.692 e. The number of benzene rings is 1. The van der Waals surface area contributed by atoms with E-state index in [-0.39, 0.29) is 17.1 Å². The summed E-state index contributed by atoms with van der Waals surface area (Å²) in [6.07, 6.45) is 8.55. The third kappa shape index (κ3) is 2.12. The van der Waals surface area contributed by atoms with E-state index in [1.165, 1.54) is 16.7 Å². The minimum atomic E-state index is -0.596. The summed E-state index contributed by atoms with van der Waals surface area (Å²) in [5.41, 5.74) is 1.83. The number of terminal acetylenes is 1. The normalized spacial score (nSPS) is 13.8. The van der Waals surface area contributed by atoms with E-state index in [0.717, 1.165) is 29.0 Å². The molecule has 24 heavy (non-hydrogen) atoms. The first-order valence-electron chi connectivity index (χ1n) is 7.57. The Kier molecular flexibility index (Phi) is 3.39. The van der Waals surface area contributed by atoms with Crippen LogP contribution in [0.4, 0.5) is 4.39 Å². The fraction of sp³-hybridized carbons (Fsp3) is 0.312. The van der Waals surface area contributed by atoms with E-state index in [4.69, 9.17) is 6.42 Å². The number of fused-ring (bicyclic) bond motifs is 2. The van der Waals surface area contributed by atoms with Crippen molar-refractivity contribution in [3.05, 3.63) is 44.2 Å². The monoisotopic (exact) mass is 344 g/mol. The highest BCUT2D eigenvalue weighted by Crippen LogP contribution is 2.24. The standard InChI is InChI=1S/C16H13FN4O2S/c1-2-7-19-14-9-13(10(17)8-15(14)24-16(19)22)20-18-11-5-3-4-6-12(11)21(20)23/h1,8-9H,3-7H2. The molecule has 2 aromatic heterocycles. The van der Waals surface area contributed by atoms with Crippen molar-refractivity contribution in [2.24, 2.45) is 0 Å². The maximum Gasteiger partial charge on any atom is 0.309 e. The van der Waals surface area contributed by atoms with Gasteiger partial charge in [0.15, 0.2) is 17.2 Å². The Hall–Kier alpha value is -2.66. The lowest BCUT2D eigenvalue weighted by Crippen LogP contribution is -2.41. The number of nitrogens with zero attached hydrogens (tertiary/aromatic N) is 4. The Morgan fingerprint density at radius 1 is 1.42 bits per heavy atom. The molecule has 0 unspecified atom stereocenters. The van der Waals surface area contributed by atoms with E-state index < -0.39 is 5.82 Å². The van der Waals surface area contributed by atoms with Gasteiger partial charge in [-0.2, -0.15) is 0 Å². The lowest BCUT2D eigenvalue weighted by atomic mass is 10.0. The first kappa shape index (κ1) is 14.9. The van der Waals surface area contributed by atoms with Gasteiger partial charge in [-0.25, -0.2) is 4.39 Å². The molecule has 0 fully saturated rings. The Labute approximate surface area is 140 Å². The molecule has 8 heteroatoms. The van der Waals surface area contributed by atoms with Crippen LogP contribution in [0, 0.1) is 23.4 Å². The zero-order valence-corrected chi connectivity index (χ0v) is 13.5. The quantitative estimate of drug-likeness (QED) is 0.402. The summed E-state index contributed by atoms with van der Waals surface area (Å²) in [6, 6.07) is 2.72. The molecule has 122 valence electrons. The molecule has 0 atom stereocenters. The van der Waals surface area contributed by atoms with Crippen LogP contribution in [0.1, 0.15) is 24.2 Å². The van der Waals surface area contributed by atoms with Gasteiger partial charge in [0.1, 0.15) is 0 Å². The van der Waals surface area contributed by atoms with Gasteiger partial charge < -0.3 is 5.21 Å². The van der Waals surface area contributed by atoms with Crippen LogP contribution in [0.15, 0.2) is 16.9 Å². The summed E-state index contributed by atoms with van der Waals surface area (Å²) in [6.45, 7) is 0.0941. The van der Waals surface area contributed by atoms with Gasteiger partial charge in [0, 0.05) is 17.9 Å². The SMILES string of the molecule is C#CCn1c(=O)sc2cc(F)c(-n3nc4c([n+]3[O-])CCCC4)cc21. The van der Waals surface area contributed by atoms with E-state index in [1.54, 1.807) is 0 Å². The zero-order valence-electron chi connectivity index (χ0n) is 12.7. The predicted octanol–water partition coefficient (Wildman–Crippen LogP) is 1.53. The van der Waals surface area contributed by atoms with Crippen molar-refractivity contribution in [2.45, 2.75) is 32.2 Å². The summed E-state index contributed by atoms with van der Waals surface area (Å²) < 4.78 is 16.4. The predicted molar refractivity (Wildman–Crippen MR) is 87.6 cm³/mol. The van der Waals surface area contributed by atoms with E-state index in [1.807, 2.05) is 0 Å². The lowest BCUT2D eigenvalue weighted by molar-refractivity contribution is -0.696. The third-order valence-corrected chi connectivity index (χ3v) is 5.17. The van der Waals surface area contributed by atoms with E-state index >= 15 is 0 Å². The molecule has 0 bridgehead atoms. The molecule has 0 amide bonds. The maximum atomic E-state index is 14.5. The highest BCUT2D eigenvalue weighted by molar-refractivity contribution is 7.16. The molecule has 4 rings (SSSR count). The Morgan fingerprint density at radius 3 is 2.96 bits per heavy atom. The summed E-state index contributed by atoms with van der Waals surface area (Å²) in [5, 5.41) is 16.7. The third-order valence-electron chi connectivity index (χ3n) is 4.23. The Morgan fingerprint density at radius 2 is 2.21 bits per heavy atom. The van der Waals surface area contributed by atoms with Crippen LogP contribution in [0.2, 0.25) is 0 Å². The van der Waals surface area contributed by atoms with Gasteiger partial charge >= 0.3 is 4.87 Å². The van der Waals surface area contributed by atoms with Crippen LogP contribution in [-0.4, -0.2) is 14.5 Å². The molecule has 0 saturated heterocycles. The molecule has 1 aromatic carbocycles. The second kappa shape index (κ2) is 5.46. The summed E-state index contributed by atoms with van der Waals surface area (Å²) >= 11 is 0.926. The summed E-state index contributed by atoms with van der Waals surface area (Å²) in [5.74, 6) is 1.82. The molecule has 2 heterocycles. The number of thiazole rings is 1. The van der Waals surface area contributed by atoms with Gasteiger partial charge in [-0.05, 0) is 29.8 Å². The highest BCUT2D eigenvalue weighted by atomic mass is 32.1. The molecule has 0 saturated carbocycles. The van der Waals surface area contributed by atoms with Crippen LogP contribution in [0.5, 0.6) is 0 Å².